The Kier molecular flexibility index (Phi) is 24.9. The topological polar surface area (TPSA) is 441 Å². The molecule has 10 aliphatic rings. The number of fused-ring (bicyclic) bond motifs is 2. The molecule has 14 heterocycles. The van der Waals surface area contributed by atoms with Gasteiger partial charge in [-0.1, -0.05) is 0 Å². The Morgan fingerprint density at radius 2 is 0.948 bits per heavy atom. The molecule has 6 aromatic rings. The molecule has 2 aromatic carbocycles. The summed E-state index contributed by atoms with van der Waals surface area (Å²) < 4.78 is 8.63. The molecule has 0 spiro atoms. The number of imide groups is 4. The third-order valence-electron chi connectivity index (χ3n) is 22.8. The fraction of sp³-hybridized carbons (Fsp3) is 0.500. The van der Waals surface area contributed by atoms with E-state index < -0.39 is 71.2 Å². The number of aromatic nitrogens is 6. The van der Waals surface area contributed by atoms with Gasteiger partial charge in [-0.2, -0.15) is 8.75 Å². The number of urea groups is 2. The van der Waals surface area contributed by atoms with E-state index in [0.29, 0.717) is 86.6 Å². The Morgan fingerprint density at radius 1 is 0.513 bits per heavy atom. The van der Waals surface area contributed by atoms with Gasteiger partial charge in [0, 0.05) is 176 Å². The van der Waals surface area contributed by atoms with Crippen molar-refractivity contribution in [2.75, 3.05) is 131 Å². The average molecular weight is 1610 g/mol. The highest BCUT2D eigenvalue weighted by atomic mass is 32.1. The van der Waals surface area contributed by atoms with Crippen LogP contribution in [0.15, 0.2) is 60.9 Å². The van der Waals surface area contributed by atoms with Gasteiger partial charge in [0.25, 0.3) is 35.4 Å². The highest BCUT2D eigenvalue weighted by molar-refractivity contribution is 7.06. The number of nitrogens with two attached hydrogens (primary N) is 2. The number of anilines is 4. The first-order valence-corrected chi connectivity index (χ1v) is 40.9. The summed E-state index contributed by atoms with van der Waals surface area (Å²) in [5.41, 5.74) is 17.2. The molecule has 0 saturated carbocycles. The molecule has 37 heteroatoms. The largest absolute Gasteiger partial charge is 0.371 e. The van der Waals surface area contributed by atoms with E-state index in [1.807, 2.05) is 41.8 Å². The van der Waals surface area contributed by atoms with Gasteiger partial charge in [-0.05, 0) is 156 Å². The highest BCUT2D eigenvalue weighted by Gasteiger charge is 2.47. The smallest absolute Gasteiger partial charge is 0.317 e. The first kappa shape index (κ1) is 80.3. The highest BCUT2D eigenvalue weighted by Crippen LogP contribution is 2.36. The van der Waals surface area contributed by atoms with E-state index in [1.54, 1.807) is 42.7 Å². The molecule has 0 bridgehead atoms. The molecular weight excluding hydrogens is 1520 g/mol. The predicted molar refractivity (Wildman–Crippen MR) is 423 cm³/mol. The number of aryl methyl sites for hydroxylation is 2. The Bertz CT molecular complexity index is 4780. The second kappa shape index (κ2) is 35.6. The van der Waals surface area contributed by atoms with Crippen molar-refractivity contribution in [3.8, 4) is 0 Å². The number of piperazine rings is 2. The first-order valence-electron chi connectivity index (χ1n) is 39.4. The van der Waals surface area contributed by atoms with Crippen LogP contribution in [0.25, 0.3) is 0 Å². The molecule has 4 unspecified atom stereocenters. The molecule has 9 N–H and O–H groups in total. The predicted octanol–water partition coefficient (Wildman–Crippen LogP) is 2.56. The lowest BCUT2D eigenvalue weighted by Gasteiger charge is -2.40. The van der Waals surface area contributed by atoms with Crippen LogP contribution in [0.5, 0.6) is 0 Å². The second-order valence-corrected chi connectivity index (χ2v) is 32.5. The maximum absolute atomic E-state index is 13.4. The number of hydrogen-bond donors (Lipinski definition) is 7. The van der Waals surface area contributed by atoms with Crippen LogP contribution in [0.1, 0.15) is 172 Å². The van der Waals surface area contributed by atoms with Crippen LogP contribution in [-0.2, 0) is 36.8 Å². The van der Waals surface area contributed by atoms with Crippen molar-refractivity contribution in [2.45, 2.75) is 128 Å². The van der Waals surface area contributed by atoms with Crippen LogP contribution in [-0.4, -0.2) is 266 Å². The van der Waals surface area contributed by atoms with Crippen molar-refractivity contribution in [3.05, 3.63) is 127 Å². The number of amides is 14. The lowest BCUT2D eigenvalue weighted by Crippen LogP contribution is -2.56. The third-order valence-corrected chi connectivity index (χ3v) is 24.6. The van der Waals surface area contributed by atoms with Crippen LogP contribution in [0, 0.1) is 25.7 Å². The van der Waals surface area contributed by atoms with Crippen molar-refractivity contribution in [1.29, 1.82) is 0 Å². The molecule has 606 valence electrons. The van der Waals surface area contributed by atoms with Gasteiger partial charge in [-0.3, -0.25) is 73.3 Å². The Hall–Kier alpha value is -11.3. The van der Waals surface area contributed by atoms with E-state index in [0.717, 1.165) is 172 Å². The molecule has 14 amide bonds. The number of carbonyl (C=O) groups is 13. The molecule has 4 aromatic heterocycles. The van der Waals surface area contributed by atoms with Crippen molar-refractivity contribution in [1.82, 2.24) is 79.8 Å². The fourth-order valence-electron chi connectivity index (χ4n) is 16.6. The lowest BCUT2D eigenvalue weighted by molar-refractivity contribution is -0.137. The minimum atomic E-state index is -0.982. The maximum Gasteiger partial charge on any atom is 0.317 e. The fourth-order valence-corrected chi connectivity index (χ4v) is 18.1. The van der Waals surface area contributed by atoms with E-state index in [2.05, 4.69) is 69.8 Å². The Morgan fingerprint density at radius 3 is 1.37 bits per heavy atom. The molecule has 8 fully saturated rings. The molecule has 16 rings (SSSR count). The van der Waals surface area contributed by atoms with Gasteiger partial charge < -0.3 is 61.6 Å². The molecule has 4 atom stereocenters. The van der Waals surface area contributed by atoms with E-state index in [-0.39, 0.29) is 83.8 Å². The number of nitrogens with one attached hydrogen (secondary N) is 5. The number of piperidine rings is 6. The van der Waals surface area contributed by atoms with E-state index >= 15 is 0 Å². The molecule has 35 nitrogen and oxygen atoms in total. The zero-order chi connectivity index (χ0) is 80.7. The molecule has 115 heavy (non-hydrogen) atoms. The van der Waals surface area contributed by atoms with Gasteiger partial charge in [0.15, 0.2) is 0 Å². The molecule has 0 radical (unpaired) electrons. The number of hydrogen-bond acceptors (Lipinski definition) is 27. The van der Waals surface area contributed by atoms with Gasteiger partial charge in [-0.25, -0.2) is 29.5 Å². The van der Waals surface area contributed by atoms with Crippen LogP contribution < -0.4 is 57.7 Å². The van der Waals surface area contributed by atoms with Gasteiger partial charge in [0.1, 0.15) is 41.4 Å². The SMILES string of the molecule is Cc1cc(Cc2nc(N3CCCC(NC(=O)N4CCN(CC5CCN(c6ccc7c(c6)C(=O)N(C6CCC(=O)NC6=O)C7=O)CC5)CC4)C3)cnc2C(N)=O)sn1.Cc1cc(Cc2nc(N3CCCC(NC(=O)N4CCNCC4)C3)cnc2C(N)=O)sn1.O=CC1CCN(c2ccc3c(c2)C(=O)N(C2CCC(=O)NC2=O)C3=O)CC1. The van der Waals surface area contributed by atoms with Gasteiger partial charge in [0.2, 0.25) is 23.6 Å². The summed E-state index contributed by atoms with van der Waals surface area (Å²) in [6.45, 7) is 16.7. The van der Waals surface area contributed by atoms with Gasteiger partial charge >= 0.3 is 12.1 Å². The summed E-state index contributed by atoms with van der Waals surface area (Å²) in [7, 11) is 0. The van der Waals surface area contributed by atoms with Gasteiger partial charge in [-0.15, -0.1) is 0 Å². The van der Waals surface area contributed by atoms with Crippen LogP contribution in [0.3, 0.4) is 0 Å². The second-order valence-electron chi connectivity index (χ2n) is 30.7. The third kappa shape index (κ3) is 18.6. The Labute approximate surface area is 671 Å². The van der Waals surface area contributed by atoms with E-state index in [1.165, 1.54) is 23.1 Å². The zero-order valence-electron chi connectivity index (χ0n) is 64.2. The standard InChI is InChI=1S/C39H47N11O6S.C20H28N8O2S.C19H19N3O5/c1-23-17-27(57-45-23)19-30-34(35(40)52)41-20-32(43-30)49-10-2-3-25(22-49)42-39(56)48-15-13-46(14-16-48)21-24-8-11-47(12-9-24)26-4-5-28-29(18-26)38(55)50(37(28)54)31-6-7-33(51)44-36(31)53;1-13-9-15(31-26-13)10-16-18(19(21)29)23-11-17(25-16)28-6-2-3-14(12-28)24-20(30)27-7-4-22-5-8-27;23-10-11-5-7-21(8-6-11)12-1-2-13-14(9-12)19(27)22(18(13)26)15-3-4-16(24)20-17(15)25/h4-5,17-18,20,24-25,31H,2-3,6-16,19,21-22H2,1H3,(H2,40,52)(H,42,56)(H,44,51,53);9,11,14,22H,2-8,10,12H2,1H3,(H2,21,29)(H,24,30);1-2,9-11,15H,3-8H2,(H,20,24,25). The average Bonchev–Trinajstić information content (AvgIpc) is 1.61. The number of nitrogens with zero attached hydrogens (tertiary/aromatic N) is 15. The summed E-state index contributed by atoms with van der Waals surface area (Å²) in [5, 5.41) is 14.1. The molecule has 10 aliphatic heterocycles. The first-order chi connectivity index (χ1) is 55.5. The Balaban J connectivity index is 0.000000158. The number of rotatable bonds is 17. The molecule has 8 saturated heterocycles. The van der Waals surface area contributed by atoms with Crippen LogP contribution in [0.4, 0.5) is 32.6 Å². The van der Waals surface area contributed by atoms with E-state index in [4.69, 9.17) is 21.4 Å². The summed E-state index contributed by atoms with van der Waals surface area (Å²) in [6, 6.07) is 12.3. The summed E-state index contributed by atoms with van der Waals surface area (Å²) >= 11 is 2.76. The van der Waals surface area contributed by atoms with Gasteiger partial charge in [0.05, 0.1) is 57.4 Å². The number of carbonyl (C=O) groups excluding carboxylic acids is 13. The minimum Gasteiger partial charge on any atom is -0.371 e. The number of primary amides is 2. The van der Waals surface area contributed by atoms with Crippen molar-refractivity contribution in [3.63, 3.8) is 0 Å². The number of benzene rings is 2. The minimum absolute atomic E-state index is 0.00948. The van der Waals surface area contributed by atoms with E-state index in [9.17, 15) is 62.3 Å². The summed E-state index contributed by atoms with van der Waals surface area (Å²) in [6.07, 6.45) is 12.6. The molecule has 0 aliphatic carbocycles. The maximum atomic E-state index is 13.4. The van der Waals surface area contributed by atoms with Crippen LogP contribution in [0.2, 0.25) is 0 Å². The summed E-state index contributed by atoms with van der Waals surface area (Å²) in [4.78, 5) is 197. The van der Waals surface area contributed by atoms with Crippen molar-refractivity contribution < 1.29 is 62.3 Å². The van der Waals surface area contributed by atoms with Crippen molar-refractivity contribution >= 4 is 123 Å². The van der Waals surface area contributed by atoms with Crippen molar-refractivity contribution in [2.24, 2.45) is 23.3 Å². The zero-order valence-corrected chi connectivity index (χ0v) is 65.9. The quantitative estimate of drug-likeness (QED) is 0.0509. The lowest BCUT2D eigenvalue weighted by atomic mass is 9.95. The summed E-state index contributed by atoms with van der Waals surface area (Å²) in [5.74, 6) is -3.30. The molecular formula is C78H94N22O13S2. The number of aldehydes is 1. The normalized spacial score (nSPS) is 21.7. The monoisotopic (exact) mass is 1610 g/mol. The van der Waals surface area contributed by atoms with Crippen LogP contribution >= 0.6 is 23.1 Å².